The molecule has 3 nitrogen and oxygen atoms in total. The minimum atomic E-state index is 0.662. The number of hydrogen-bond acceptors (Lipinski definition) is 4. The van der Waals surface area contributed by atoms with Crippen molar-refractivity contribution < 1.29 is 0 Å². The molecule has 1 aliphatic rings. The van der Waals surface area contributed by atoms with Gasteiger partial charge in [-0.15, -0.1) is 11.3 Å². The van der Waals surface area contributed by atoms with Crippen molar-refractivity contribution in [3.63, 3.8) is 0 Å². The van der Waals surface area contributed by atoms with E-state index in [1.54, 1.807) is 0 Å². The van der Waals surface area contributed by atoms with E-state index >= 15 is 0 Å². The molecule has 4 heteroatoms. The highest BCUT2D eigenvalue weighted by Crippen LogP contribution is 2.27. The molecular weight excluding hydrogens is 206 g/mol. The molecule has 1 N–H and O–H groups in total. The predicted octanol–water partition coefficient (Wildman–Crippen LogP) is 1.95. The molecule has 2 rings (SSSR count). The molecule has 1 saturated heterocycles. The number of rotatable bonds is 4. The molecule has 0 aromatic carbocycles. The number of anilines is 1. The molecule has 0 saturated carbocycles. The van der Waals surface area contributed by atoms with Gasteiger partial charge < -0.3 is 10.2 Å². The van der Waals surface area contributed by atoms with Crippen molar-refractivity contribution in [1.29, 1.82) is 0 Å². The fourth-order valence-corrected chi connectivity index (χ4v) is 2.76. The summed E-state index contributed by atoms with van der Waals surface area (Å²) in [5.41, 5.74) is 1.18. The maximum Gasteiger partial charge on any atom is 0.186 e. The van der Waals surface area contributed by atoms with E-state index in [2.05, 4.69) is 36.0 Å². The monoisotopic (exact) mass is 225 g/mol. The summed E-state index contributed by atoms with van der Waals surface area (Å²) in [6, 6.07) is 0.662. The number of nitrogens with zero attached hydrogens (tertiary/aromatic N) is 2. The molecule has 0 radical (unpaired) electrons. The van der Waals surface area contributed by atoms with Gasteiger partial charge in [-0.3, -0.25) is 0 Å². The van der Waals surface area contributed by atoms with Crippen molar-refractivity contribution in [3.8, 4) is 0 Å². The van der Waals surface area contributed by atoms with Crippen molar-refractivity contribution in [2.75, 3.05) is 24.5 Å². The zero-order chi connectivity index (χ0) is 10.8. The normalized spacial score (nSPS) is 16.5. The minimum Gasteiger partial charge on any atom is -0.343 e. The Kier molecular flexibility index (Phi) is 3.26. The number of hydrogen-bond donors (Lipinski definition) is 1. The summed E-state index contributed by atoms with van der Waals surface area (Å²) in [6.45, 7) is 9.82. The van der Waals surface area contributed by atoms with Gasteiger partial charge in [0.25, 0.3) is 0 Å². The van der Waals surface area contributed by atoms with Gasteiger partial charge in [-0.2, -0.15) is 0 Å². The highest BCUT2D eigenvalue weighted by Gasteiger charge is 2.26. The maximum absolute atomic E-state index is 4.65. The Bertz CT molecular complexity index is 311. The third-order valence-corrected chi connectivity index (χ3v) is 4.04. The summed E-state index contributed by atoms with van der Waals surface area (Å²) >= 11 is 1.83. The molecule has 2 heterocycles. The van der Waals surface area contributed by atoms with E-state index < -0.39 is 0 Å². The van der Waals surface area contributed by atoms with Crippen molar-refractivity contribution in [2.45, 2.75) is 33.2 Å². The van der Waals surface area contributed by atoms with Crippen LogP contribution in [0, 0.1) is 13.8 Å². The molecule has 0 bridgehead atoms. The third kappa shape index (κ3) is 2.16. The van der Waals surface area contributed by atoms with E-state index in [1.165, 1.54) is 22.1 Å². The molecule has 1 aliphatic heterocycles. The predicted molar refractivity (Wildman–Crippen MR) is 65.9 cm³/mol. The lowest BCUT2D eigenvalue weighted by molar-refractivity contribution is 0.412. The van der Waals surface area contributed by atoms with Gasteiger partial charge in [0.1, 0.15) is 0 Å². The molecule has 15 heavy (non-hydrogen) atoms. The first-order chi connectivity index (χ1) is 7.22. The van der Waals surface area contributed by atoms with Crippen LogP contribution in [0.2, 0.25) is 0 Å². The molecule has 0 spiro atoms. The number of aromatic nitrogens is 1. The van der Waals surface area contributed by atoms with Gasteiger partial charge in [0.15, 0.2) is 5.13 Å². The summed E-state index contributed by atoms with van der Waals surface area (Å²) < 4.78 is 0. The van der Waals surface area contributed by atoms with Crippen LogP contribution >= 0.6 is 11.3 Å². The lowest BCUT2D eigenvalue weighted by Crippen LogP contribution is -2.57. The summed E-state index contributed by atoms with van der Waals surface area (Å²) in [7, 11) is 0. The van der Waals surface area contributed by atoms with Gasteiger partial charge >= 0.3 is 0 Å². The van der Waals surface area contributed by atoms with Gasteiger partial charge in [0.2, 0.25) is 0 Å². The van der Waals surface area contributed by atoms with E-state index in [1.807, 2.05) is 11.3 Å². The standard InChI is InChI=1S/C11H19N3S/c1-4-5-14(10-6-12-7-10)11-13-8(2)9(3)15-11/h10,12H,4-7H2,1-3H3. The Morgan fingerprint density at radius 2 is 2.20 bits per heavy atom. The van der Waals surface area contributed by atoms with Gasteiger partial charge in [-0.05, 0) is 20.3 Å². The molecule has 1 fully saturated rings. The van der Waals surface area contributed by atoms with Gasteiger partial charge in [0.05, 0.1) is 11.7 Å². The van der Waals surface area contributed by atoms with E-state index in [-0.39, 0.29) is 0 Å². The van der Waals surface area contributed by atoms with Gasteiger partial charge in [0, 0.05) is 24.5 Å². The Morgan fingerprint density at radius 3 is 2.60 bits per heavy atom. The molecule has 0 atom stereocenters. The van der Waals surface area contributed by atoms with Gasteiger partial charge in [-0.1, -0.05) is 6.92 Å². The summed E-state index contributed by atoms with van der Waals surface area (Å²) in [4.78, 5) is 8.45. The second-order valence-electron chi connectivity index (χ2n) is 4.14. The fourth-order valence-electron chi connectivity index (χ4n) is 1.75. The zero-order valence-electron chi connectivity index (χ0n) is 9.71. The molecule has 0 unspecified atom stereocenters. The van der Waals surface area contributed by atoms with Gasteiger partial charge in [-0.25, -0.2) is 4.98 Å². The fraction of sp³-hybridized carbons (Fsp3) is 0.727. The Labute approximate surface area is 95.5 Å². The summed E-state index contributed by atoms with van der Waals surface area (Å²) in [6.07, 6.45) is 1.19. The van der Waals surface area contributed by atoms with Crippen LogP contribution in [0.15, 0.2) is 0 Å². The highest BCUT2D eigenvalue weighted by atomic mass is 32.1. The molecule has 0 aliphatic carbocycles. The van der Waals surface area contributed by atoms with Crippen LogP contribution in [0.3, 0.4) is 0 Å². The van der Waals surface area contributed by atoms with Crippen molar-refractivity contribution in [3.05, 3.63) is 10.6 Å². The number of nitrogens with one attached hydrogen (secondary N) is 1. The van der Waals surface area contributed by atoms with E-state index in [0.717, 1.165) is 19.6 Å². The van der Waals surface area contributed by atoms with E-state index in [0.29, 0.717) is 6.04 Å². The first kappa shape index (κ1) is 10.9. The second-order valence-corrected chi connectivity index (χ2v) is 5.33. The lowest BCUT2D eigenvalue weighted by atomic mass is 10.1. The average Bonchev–Trinajstić information content (AvgIpc) is 2.43. The van der Waals surface area contributed by atoms with Crippen LogP contribution in [0.4, 0.5) is 5.13 Å². The minimum absolute atomic E-state index is 0.662. The Balaban J connectivity index is 2.15. The third-order valence-electron chi connectivity index (χ3n) is 2.93. The second kappa shape index (κ2) is 4.49. The summed E-state index contributed by atoms with van der Waals surface area (Å²) in [5, 5.41) is 4.53. The molecule has 1 aromatic rings. The summed E-state index contributed by atoms with van der Waals surface area (Å²) in [5.74, 6) is 0. The Morgan fingerprint density at radius 1 is 1.47 bits per heavy atom. The van der Waals surface area contributed by atoms with E-state index in [9.17, 15) is 0 Å². The van der Waals surface area contributed by atoms with Crippen LogP contribution in [-0.4, -0.2) is 30.7 Å². The molecular formula is C11H19N3S. The quantitative estimate of drug-likeness (QED) is 0.849. The number of aryl methyl sites for hydroxylation is 2. The number of thiazole rings is 1. The molecule has 1 aromatic heterocycles. The molecule has 84 valence electrons. The maximum atomic E-state index is 4.65. The molecule has 0 amide bonds. The first-order valence-electron chi connectivity index (χ1n) is 5.63. The van der Waals surface area contributed by atoms with Crippen molar-refractivity contribution >= 4 is 16.5 Å². The van der Waals surface area contributed by atoms with Crippen LogP contribution in [0.25, 0.3) is 0 Å². The van der Waals surface area contributed by atoms with Crippen LogP contribution in [-0.2, 0) is 0 Å². The Hall–Kier alpha value is -0.610. The van der Waals surface area contributed by atoms with Crippen molar-refractivity contribution in [1.82, 2.24) is 10.3 Å². The van der Waals surface area contributed by atoms with Crippen LogP contribution < -0.4 is 10.2 Å². The van der Waals surface area contributed by atoms with Crippen LogP contribution in [0.1, 0.15) is 23.9 Å². The topological polar surface area (TPSA) is 28.2 Å². The van der Waals surface area contributed by atoms with Crippen LogP contribution in [0.5, 0.6) is 0 Å². The average molecular weight is 225 g/mol. The SMILES string of the molecule is CCCN(c1nc(C)c(C)s1)C1CNC1. The zero-order valence-corrected chi connectivity index (χ0v) is 10.5. The first-order valence-corrected chi connectivity index (χ1v) is 6.45. The smallest absolute Gasteiger partial charge is 0.186 e. The highest BCUT2D eigenvalue weighted by molar-refractivity contribution is 7.15. The largest absolute Gasteiger partial charge is 0.343 e. The van der Waals surface area contributed by atoms with Crippen molar-refractivity contribution in [2.24, 2.45) is 0 Å². The lowest BCUT2D eigenvalue weighted by Gasteiger charge is -2.38. The van der Waals surface area contributed by atoms with E-state index in [4.69, 9.17) is 0 Å².